The van der Waals surface area contributed by atoms with Crippen LogP contribution in [-0.4, -0.2) is 82.8 Å². The lowest BCUT2D eigenvalue weighted by molar-refractivity contribution is -0.130. The van der Waals surface area contributed by atoms with Gasteiger partial charge in [-0.2, -0.15) is 5.10 Å². The molecule has 2 heterocycles. The summed E-state index contributed by atoms with van der Waals surface area (Å²) in [5, 5.41) is 20.2. The number of β-amino-alcohol motifs (C(OH)–C–C–N with tert-alkyl or cyclic N) is 1. The SMILES string of the molecule is CN(C)C(=O)CN1CC[C@H](NC(=O)c2cn[nH]c2-c2ccccc2)[C@@H](O)C1. The Balaban J connectivity index is 1.61. The third kappa shape index (κ3) is 4.53. The second kappa shape index (κ2) is 8.32. The van der Waals surface area contributed by atoms with Crippen molar-refractivity contribution in [2.75, 3.05) is 33.7 Å². The van der Waals surface area contributed by atoms with Crippen molar-refractivity contribution in [3.8, 4) is 11.3 Å². The lowest BCUT2D eigenvalue weighted by Gasteiger charge is -2.36. The minimum absolute atomic E-state index is 0.00409. The number of nitrogens with one attached hydrogen (secondary N) is 2. The molecule has 1 fully saturated rings. The third-order valence-corrected chi connectivity index (χ3v) is 4.79. The maximum atomic E-state index is 12.7. The molecule has 0 radical (unpaired) electrons. The molecule has 0 bridgehead atoms. The molecule has 8 heteroatoms. The Morgan fingerprint density at radius 2 is 2.07 bits per heavy atom. The number of rotatable bonds is 5. The number of nitrogens with zero attached hydrogens (tertiary/aromatic N) is 3. The Hall–Kier alpha value is -2.71. The monoisotopic (exact) mass is 371 g/mol. The number of aliphatic hydroxyl groups is 1. The van der Waals surface area contributed by atoms with Crippen molar-refractivity contribution in [3.63, 3.8) is 0 Å². The number of amides is 2. The molecule has 27 heavy (non-hydrogen) atoms. The number of aromatic nitrogens is 2. The van der Waals surface area contributed by atoms with Crippen molar-refractivity contribution in [2.45, 2.75) is 18.6 Å². The first-order chi connectivity index (χ1) is 13.0. The lowest BCUT2D eigenvalue weighted by Crippen LogP contribution is -2.55. The van der Waals surface area contributed by atoms with Crippen LogP contribution < -0.4 is 5.32 Å². The normalized spacial score (nSPS) is 20.3. The largest absolute Gasteiger partial charge is 0.390 e. The van der Waals surface area contributed by atoms with Gasteiger partial charge in [-0.1, -0.05) is 30.3 Å². The van der Waals surface area contributed by atoms with Crippen LogP contribution in [0.25, 0.3) is 11.3 Å². The number of aromatic amines is 1. The molecule has 144 valence electrons. The highest BCUT2D eigenvalue weighted by Crippen LogP contribution is 2.21. The van der Waals surface area contributed by atoms with Gasteiger partial charge in [-0.3, -0.25) is 19.6 Å². The van der Waals surface area contributed by atoms with Crippen molar-refractivity contribution in [1.29, 1.82) is 0 Å². The van der Waals surface area contributed by atoms with Crippen molar-refractivity contribution >= 4 is 11.8 Å². The van der Waals surface area contributed by atoms with Crippen LogP contribution in [0, 0.1) is 0 Å². The van der Waals surface area contributed by atoms with E-state index in [9.17, 15) is 14.7 Å². The second-order valence-electron chi connectivity index (χ2n) is 6.98. The smallest absolute Gasteiger partial charge is 0.255 e. The zero-order valence-electron chi connectivity index (χ0n) is 15.6. The molecule has 0 unspecified atom stereocenters. The van der Waals surface area contributed by atoms with Crippen LogP contribution in [0.3, 0.4) is 0 Å². The Bertz CT molecular complexity index is 790. The topological polar surface area (TPSA) is 102 Å². The van der Waals surface area contributed by atoms with E-state index in [1.54, 1.807) is 14.1 Å². The molecule has 2 amide bonds. The minimum Gasteiger partial charge on any atom is -0.390 e. The fraction of sp³-hybridized carbons (Fsp3) is 0.421. The molecular formula is C19H25N5O3. The van der Waals surface area contributed by atoms with Crippen molar-refractivity contribution in [1.82, 2.24) is 25.3 Å². The molecule has 1 aromatic heterocycles. The van der Waals surface area contributed by atoms with Gasteiger partial charge in [0.2, 0.25) is 5.91 Å². The van der Waals surface area contributed by atoms with Crippen molar-refractivity contribution in [2.24, 2.45) is 0 Å². The average Bonchev–Trinajstić information content (AvgIpc) is 3.14. The number of aliphatic hydroxyl groups excluding tert-OH is 1. The van der Waals surface area contributed by atoms with Crippen molar-refractivity contribution < 1.29 is 14.7 Å². The first kappa shape index (κ1) is 19.1. The molecule has 2 atom stereocenters. The predicted octanol–water partition coefficient (Wildman–Crippen LogP) is 0.330. The molecule has 0 spiro atoms. The zero-order chi connectivity index (χ0) is 19.4. The van der Waals surface area contributed by atoms with E-state index in [1.165, 1.54) is 11.1 Å². The number of likely N-dealkylation sites (tertiary alicyclic amines) is 1. The standard InChI is InChI=1S/C19H25N5O3/c1-23(2)17(26)12-24-9-8-15(16(25)11-24)21-19(27)14-10-20-22-18(14)13-6-4-3-5-7-13/h3-7,10,15-16,25H,8-9,11-12H2,1-2H3,(H,20,22)(H,21,27)/t15-,16-/m0/s1. The van der Waals surface area contributed by atoms with Gasteiger partial charge in [0.1, 0.15) is 0 Å². The highest BCUT2D eigenvalue weighted by molar-refractivity contribution is 5.99. The van der Waals surface area contributed by atoms with E-state index < -0.39 is 6.10 Å². The van der Waals surface area contributed by atoms with Gasteiger partial charge in [-0.25, -0.2) is 0 Å². The van der Waals surface area contributed by atoms with Crippen LogP contribution in [0.5, 0.6) is 0 Å². The molecule has 0 saturated carbocycles. The molecule has 8 nitrogen and oxygen atoms in total. The Morgan fingerprint density at radius 3 is 2.74 bits per heavy atom. The summed E-state index contributed by atoms with van der Waals surface area (Å²) in [6, 6.07) is 9.14. The van der Waals surface area contributed by atoms with Gasteiger partial charge < -0.3 is 15.3 Å². The Labute approximate surface area is 158 Å². The average molecular weight is 371 g/mol. The molecule has 0 aliphatic carbocycles. The summed E-state index contributed by atoms with van der Waals surface area (Å²) < 4.78 is 0. The van der Waals surface area contributed by atoms with E-state index in [2.05, 4.69) is 15.5 Å². The van der Waals surface area contributed by atoms with Crippen LogP contribution in [0.1, 0.15) is 16.8 Å². The van der Waals surface area contributed by atoms with E-state index in [0.29, 0.717) is 30.8 Å². The first-order valence-corrected chi connectivity index (χ1v) is 8.96. The Morgan fingerprint density at radius 1 is 1.33 bits per heavy atom. The number of likely N-dealkylation sites (N-methyl/N-ethyl adjacent to an activating group) is 1. The summed E-state index contributed by atoms with van der Waals surface area (Å²) in [5.41, 5.74) is 1.97. The van der Waals surface area contributed by atoms with Crippen LogP contribution in [-0.2, 0) is 4.79 Å². The van der Waals surface area contributed by atoms with Gasteiger partial charge in [0.25, 0.3) is 5.91 Å². The molecule has 1 saturated heterocycles. The maximum Gasteiger partial charge on any atom is 0.255 e. The molecule has 1 aliphatic rings. The summed E-state index contributed by atoms with van der Waals surface area (Å²) >= 11 is 0. The lowest BCUT2D eigenvalue weighted by atomic mass is 10.0. The van der Waals surface area contributed by atoms with Crippen molar-refractivity contribution in [3.05, 3.63) is 42.1 Å². The third-order valence-electron chi connectivity index (χ3n) is 4.79. The second-order valence-corrected chi connectivity index (χ2v) is 6.98. The highest BCUT2D eigenvalue weighted by atomic mass is 16.3. The fourth-order valence-electron chi connectivity index (χ4n) is 3.17. The zero-order valence-corrected chi connectivity index (χ0v) is 15.6. The number of hydrogen-bond donors (Lipinski definition) is 3. The maximum absolute atomic E-state index is 12.7. The molecule has 1 aliphatic heterocycles. The molecule has 3 rings (SSSR count). The van der Waals surface area contributed by atoms with E-state index in [0.717, 1.165) is 5.56 Å². The van der Waals surface area contributed by atoms with Crippen LogP contribution >= 0.6 is 0 Å². The Kier molecular flexibility index (Phi) is 5.88. The molecule has 3 N–H and O–H groups in total. The number of carbonyl (C=O) groups is 2. The van der Waals surface area contributed by atoms with Gasteiger partial charge >= 0.3 is 0 Å². The van der Waals surface area contributed by atoms with E-state index in [4.69, 9.17) is 0 Å². The summed E-state index contributed by atoms with van der Waals surface area (Å²) in [7, 11) is 3.42. The van der Waals surface area contributed by atoms with Gasteiger partial charge in [-0.05, 0) is 6.42 Å². The summed E-state index contributed by atoms with van der Waals surface area (Å²) in [5.74, 6) is -0.278. The van der Waals surface area contributed by atoms with Crippen LogP contribution in [0.2, 0.25) is 0 Å². The number of benzene rings is 1. The van der Waals surface area contributed by atoms with Crippen LogP contribution in [0.4, 0.5) is 0 Å². The van der Waals surface area contributed by atoms with Gasteiger partial charge in [0, 0.05) is 32.7 Å². The first-order valence-electron chi connectivity index (χ1n) is 8.96. The minimum atomic E-state index is -0.732. The highest BCUT2D eigenvalue weighted by Gasteiger charge is 2.30. The number of carbonyl (C=O) groups excluding carboxylic acids is 2. The number of H-pyrrole nitrogens is 1. The van der Waals surface area contributed by atoms with E-state index in [1.807, 2.05) is 35.2 Å². The summed E-state index contributed by atoms with van der Waals surface area (Å²) in [4.78, 5) is 28.0. The number of hydrogen-bond acceptors (Lipinski definition) is 5. The predicted molar refractivity (Wildman–Crippen MR) is 101 cm³/mol. The fourth-order valence-corrected chi connectivity index (χ4v) is 3.17. The quantitative estimate of drug-likeness (QED) is 0.703. The summed E-state index contributed by atoms with van der Waals surface area (Å²) in [6.45, 7) is 1.25. The number of piperidine rings is 1. The van der Waals surface area contributed by atoms with E-state index in [-0.39, 0.29) is 24.4 Å². The molecule has 1 aromatic carbocycles. The van der Waals surface area contributed by atoms with Gasteiger partial charge in [-0.15, -0.1) is 0 Å². The van der Waals surface area contributed by atoms with Gasteiger partial charge in [0.05, 0.1) is 36.1 Å². The van der Waals surface area contributed by atoms with Crippen LogP contribution in [0.15, 0.2) is 36.5 Å². The van der Waals surface area contributed by atoms with Gasteiger partial charge in [0.15, 0.2) is 0 Å². The van der Waals surface area contributed by atoms with E-state index >= 15 is 0 Å². The molecule has 2 aromatic rings. The summed E-state index contributed by atoms with van der Waals surface area (Å²) in [6.07, 6.45) is 1.34. The molecular weight excluding hydrogens is 346 g/mol.